The van der Waals surface area contributed by atoms with Gasteiger partial charge in [-0.25, -0.2) is 4.79 Å². The van der Waals surface area contributed by atoms with Crippen molar-refractivity contribution in [2.45, 2.75) is 18.5 Å². The van der Waals surface area contributed by atoms with Crippen LogP contribution in [-0.2, 0) is 20.7 Å². The highest BCUT2D eigenvalue weighted by Crippen LogP contribution is 2.02. The summed E-state index contributed by atoms with van der Waals surface area (Å²) >= 11 is 0. The van der Waals surface area contributed by atoms with E-state index in [2.05, 4.69) is 5.32 Å². The summed E-state index contributed by atoms with van der Waals surface area (Å²) in [5, 5.41) is 11.2. The number of carbonyl (C=O) groups is 2. The van der Waals surface area contributed by atoms with Crippen molar-refractivity contribution in [3.05, 3.63) is 35.9 Å². The van der Waals surface area contributed by atoms with Crippen LogP contribution in [0.25, 0.3) is 0 Å². The van der Waals surface area contributed by atoms with Crippen molar-refractivity contribution in [2.75, 3.05) is 13.7 Å². The van der Waals surface area contributed by atoms with Crippen LogP contribution >= 0.6 is 0 Å². The largest absolute Gasteiger partial charge is 0.480 e. The second-order valence-electron chi connectivity index (χ2n) is 4.15. The van der Waals surface area contributed by atoms with Gasteiger partial charge < -0.3 is 20.9 Å². The molecule has 0 heterocycles. The molecule has 0 aliphatic rings. The summed E-state index contributed by atoms with van der Waals surface area (Å²) in [6, 6.07) is 7.42. The van der Waals surface area contributed by atoms with Gasteiger partial charge >= 0.3 is 5.97 Å². The SMILES string of the molecule is COCC(NC(=O)C(N)Cc1ccccc1)C(=O)O. The Labute approximate surface area is 111 Å². The second kappa shape index (κ2) is 7.50. The molecule has 0 fully saturated rings. The fraction of sp³-hybridized carbons (Fsp3) is 0.385. The van der Waals surface area contributed by atoms with Crippen molar-refractivity contribution in [3.63, 3.8) is 0 Å². The number of nitrogens with one attached hydrogen (secondary N) is 1. The number of hydrogen-bond donors (Lipinski definition) is 3. The summed E-state index contributed by atoms with van der Waals surface area (Å²) < 4.78 is 4.73. The van der Waals surface area contributed by atoms with Crippen LogP contribution in [0.15, 0.2) is 30.3 Å². The third-order valence-corrected chi connectivity index (χ3v) is 2.58. The van der Waals surface area contributed by atoms with E-state index in [0.29, 0.717) is 6.42 Å². The minimum absolute atomic E-state index is 0.0981. The van der Waals surface area contributed by atoms with Gasteiger partial charge in [0.05, 0.1) is 12.6 Å². The molecule has 1 aromatic rings. The topological polar surface area (TPSA) is 102 Å². The van der Waals surface area contributed by atoms with Crippen LogP contribution < -0.4 is 11.1 Å². The van der Waals surface area contributed by atoms with Gasteiger partial charge in [0.15, 0.2) is 6.04 Å². The van der Waals surface area contributed by atoms with Crippen molar-refractivity contribution in [2.24, 2.45) is 5.73 Å². The maximum absolute atomic E-state index is 11.8. The van der Waals surface area contributed by atoms with Crippen LogP contribution in [0.3, 0.4) is 0 Å². The number of benzene rings is 1. The minimum Gasteiger partial charge on any atom is -0.480 e. The van der Waals surface area contributed by atoms with E-state index in [0.717, 1.165) is 5.56 Å². The third-order valence-electron chi connectivity index (χ3n) is 2.58. The van der Waals surface area contributed by atoms with Crippen LogP contribution in [0.2, 0.25) is 0 Å². The van der Waals surface area contributed by atoms with Gasteiger partial charge in [-0.1, -0.05) is 30.3 Å². The molecule has 0 saturated carbocycles. The van der Waals surface area contributed by atoms with E-state index in [1.165, 1.54) is 7.11 Å². The highest BCUT2D eigenvalue weighted by Gasteiger charge is 2.23. The van der Waals surface area contributed by atoms with Gasteiger partial charge in [-0.05, 0) is 12.0 Å². The zero-order valence-corrected chi connectivity index (χ0v) is 10.7. The number of rotatable bonds is 7. The number of carboxylic acid groups (broad SMARTS) is 1. The molecule has 0 saturated heterocycles. The second-order valence-corrected chi connectivity index (χ2v) is 4.15. The number of carboxylic acids is 1. The molecule has 1 aromatic carbocycles. The molecule has 6 heteroatoms. The number of nitrogens with two attached hydrogens (primary N) is 1. The highest BCUT2D eigenvalue weighted by molar-refractivity contribution is 5.87. The van der Waals surface area contributed by atoms with E-state index >= 15 is 0 Å². The average molecular weight is 266 g/mol. The first-order chi connectivity index (χ1) is 9.04. The fourth-order valence-electron chi connectivity index (χ4n) is 1.58. The average Bonchev–Trinajstić information content (AvgIpc) is 2.39. The summed E-state index contributed by atoms with van der Waals surface area (Å²) in [5.74, 6) is -1.66. The molecule has 0 aromatic heterocycles. The quantitative estimate of drug-likeness (QED) is 0.633. The van der Waals surface area contributed by atoms with Gasteiger partial charge in [0.1, 0.15) is 0 Å². The van der Waals surface area contributed by atoms with Crippen LogP contribution in [0.1, 0.15) is 5.56 Å². The van der Waals surface area contributed by atoms with Crippen LogP contribution in [-0.4, -0.2) is 42.8 Å². The predicted molar refractivity (Wildman–Crippen MR) is 69.6 cm³/mol. The first-order valence-electron chi connectivity index (χ1n) is 5.86. The Hall–Kier alpha value is -1.92. The van der Waals surface area contributed by atoms with Crippen molar-refractivity contribution in [1.82, 2.24) is 5.32 Å². The molecule has 0 bridgehead atoms. The molecular formula is C13H18N2O4. The van der Waals surface area contributed by atoms with E-state index < -0.39 is 24.0 Å². The summed E-state index contributed by atoms with van der Waals surface area (Å²) in [6.45, 7) is -0.0981. The Kier molecular flexibility index (Phi) is 5.98. The predicted octanol–water partition coefficient (Wildman–Crippen LogP) is -0.228. The standard InChI is InChI=1S/C13H18N2O4/c1-19-8-11(13(17)18)15-12(16)10(14)7-9-5-3-2-4-6-9/h2-6,10-11H,7-8,14H2,1H3,(H,15,16)(H,17,18). The molecule has 4 N–H and O–H groups in total. The fourth-order valence-corrected chi connectivity index (χ4v) is 1.58. The molecular weight excluding hydrogens is 248 g/mol. The van der Waals surface area contributed by atoms with Crippen LogP contribution in [0.5, 0.6) is 0 Å². The molecule has 0 aliphatic heterocycles. The lowest BCUT2D eigenvalue weighted by atomic mass is 10.1. The van der Waals surface area contributed by atoms with E-state index in [9.17, 15) is 9.59 Å². The number of carbonyl (C=O) groups excluding carboxylic acids is 1. The summed E-state index contributed by atoms with van der Waals surface area (Å²) in [7, 11) is 1.37. The Morgan fingerprint density at radius 2 is 2.00 bits per heavy atom. The lowest BCUT2D eigenvalue weighted by Crippen LogP contribution is -2.50. The summed E-state index contributed by atoms with van der Waals surface area (Å²) in [6.07, 6.45) is 0.353. The third kappa shape index (κ3) is 5.07. The molecule has 1 rings (SSSR count). The van der Waals surface area contributed by atoms with Crippen LogP contribution in [0, 0.1) is 0 Å². The molecule has 104 valence electrons. The van der Waals surface area contributed by atoms with Crippen LogP contribution in [0.4, 0.5) is 0 Å². The van der Waals surface area contributed by atoms with Gasteiger partial charge in [0.25, 0.3) is 0 Å². The van der Waals surface area contributed by atoms with Gasteiger partial charge in [-0.3, -0.25) is 4.79 Å². The van der Waals surface area contributed by atoms with E-state index in [4.69, 9.17) is 15.6 Å². The lowest BCUT2D eigenvalue weighted by Gasteiger charge is -2.17. The zero-order valence-electron chi connectivity index (χ0n) is 10.7. The molecule has 2 unspecified atom stereocenters. The minimum atomic E-state index is -1.15. The summed E-state index contributed by atoms with van der Waals surface area (Å²) in [4.78, 5) is 22.7. The molecule has 0 aliphatic carbocycles. The van der Waals surface area contributed by atoms with E-state index in [-0.39, 0.29) is 6.61 Å². The molecule has 1 amide bonds. The Balaban J connectivity index is 2.54. The number of amides is 1. The normalized spacial score (nSPS) is 13.6. The van der Waals surface area contributed by atoms with Crippen molar-refractivity contribution in [1.29, 1.82) is 0 Å². The van der Waals surface area contributed by atoms with Crippen molar-refractivity contribution < 1.29 is 19.4 Å². The maximum atomic E-state index is 11.8. The van der Waals surface area contributed by atoms with E-state index in [1.54, 1.807) is 0 Å². The summed E-state index contributed by atoms with van der Waals surface area (Å²) in [5.41, 5.74) is 6.67. The molecule has 19 heavy (non-hydrogen) atoms. The lowest BCUT2D eigenvalue weighted by molar-refractivity contribution is -0.143. The van der Waals surface area contributed by atoms with Gasteiger partial charge in [-0.15, -0.1) is 0 Å². The van der Waals surface area contributed by atoms with Crippen molar-refractivity contribution in [3.8, 4) is 0 Å². The van der Waals surface area contributed by atoms with Gasteiger partial charge in [0, 0.05) is 7.11 Å². The number of aliphatic carboxylic acids is 1. The number of ether oxygens (including phenoxy) is 1. The smallest absolute Gasteiger partial charge is 0.328 e. The first kappa shape index (κ1) is 15.1. The maximum Gasteiger partial charge on any atom is 0.328 e. The zero-order chi connectivity index (χ0) is 14.3. The number of hydrogen-bond acceptors (Lipinski definition) is 4. The van der Waals surface area contributed by atoms with E-state index in [1.807, 2.05) is 30.3 Å². The first-order valence-corrected chi connectivity index (χ1v) is 5.86. The Morgan fingerprint density at radius 3 is 2.53 bits per heavy atom. The monoisotopic (exact) mass is 266 g/mol. The number of methoxy groups -OCH3 is 1. The molecule has 0 radical (unpaired) electrons. The molecule has 6 nitrogen and oxygen atoms in total. The van der Waals surface area contributed by atoms with Gasteiger partial charge in [-0.2, -0.15) is 0 Å². The van der Waals surface area contributed by atoms with Crippen molar-refractivity contribution >= 4 is 11.9 Å². The molecule has 0 spiro atoms. The Bertz CT molecular complexity index is 422. The Morgan fingerprint density at radius 1 is 1.37 bits per heavy atom. The highest BCUT2D eigenvalue weighted by atomic mass is 16.5. The molecule has 2 atom stereocenters. The van der Waals surface area contributed by atoms with Gasteiger partial charge in [0.2, 0.25) is 5.91 Å².